The van der Waals surface area contributed by atoms with Crippen LogP contribution in [-0.2, 0) is 0 Å². The van der Waals surface area contributed by atoms with E-state index < -0.39 is 0 Å². The van der Waals surface area contributed by atoms with E-state index in [1.807, 2.05) is 54.6 Å². The van der Waals surface area contributed by atoms with Crippen molar-refractivity contribution in [3.8, 4) is 11.5 Å². The van der Waals surface area contributed by atoms with Gasteiger partial charge in [0.05, 0.1) is 25.9 Å². The first-order valence-electron chi connectivity index (χ1n) is 8.98. The van der Waals surface area contributed by atoms with Crippen molar-refractivity contribution in [2.75, 3.05) is 19.1 Å². The molecule has 3 aromatic carbocycles. The van der Waals surface area contributed by atoms with Crippen molar-refractivity contribution in [3.63, 3.8) is 0 Å². The second-order valence-corrected chi connectivity index (χ2v) is 6.42. The molecular formula is C23H22N2O2. The maximum Gasteiger partial charge on any atom is 0.119 e. The fourth-order valence-corrected chi connectivity index (χ4v) is 3.35. The summed E-state index contributed by atoms with van der Waals surface area (Å²) in [6.45, 7) is 0. The Labute approximate surface area is 159 Å². The van der Waals surface area contributed by atoms with Gasteiger partial charge in [0.1, 0.15) is 17.3 Å². The third-order valence-corrected chi connectivity index (χ3v) is 4.83. The predicted molar refractivity (Wildman–Crippen MR) is 109 cm³/mol. The van der Waals surface area contributed by atoms with Gasteiger partial charge in [0, 0.05) is 12.1 Å². The zero-order valence-electron chi connectivity index (χ0n) is 15.5. The molecule has 4 heteroatoms. The lowest BCUT2D eigenvalue weighted by atomic mass is 9.92. The van der Waals surface area contributed by atoms with Crippen LogP contribution >= 0.6 is 0 Å². The average Bonchev–Trinajstić information content (AvgIpc) is 2.72. The number of aliphatic imine (C=N–C) groups is 1. The van der Waals surface area contributed by atoms with Gasteiger partial charge in [-0.2, -0.15) is 0 Å². The number of methoxy groups -OCH3 is 2. The molecule has 0 amide bonds. The maximum absolute atomic E-state index is 5.30. The maximum atomic E-state index is 5.30. The molecule has 1 atom stereocenters. The average molecular weight is 358 g/mol. The molecule has 4 nitrogen and oxygen atoms in total. The summed E-state index contributed by atoms with van der Waals surface area (Å²) in [5.74, 6) is 2.78. The van der Waals surface area contributed by atoms with E-state index in [0.717, 1.165) is 35.1 Å². The van der Waals surface area contributed by atoms with E-state index in [9.17, 15) is 0 Å². The van der Waals surface area contributed by atoms with Gasteiger partial charge in [-0.05, 0) is 54.1 Å². The Morgan fingerprint density at radius 1 is 0.778 bits per heavy atom. The molecule has 0 radical (unpaired) electrons. The van der Waals surface area contributed by atoms with Crippen molar-refractivity contribution in [2.45, 2.75) is 12.5 Å². The third-order valence-electron chi connectivity index (χ3n) is 4.83. The topological polar surface area (TPSA) is 34.1 Å². The van der Waals surface area contributed by atoms with Gasteiger partial charge in [-0.15, -0.1) is 0 Å². The molecule has 0 bridgehead atoms. The van der Waals surface area contributed by atoms with Gasteiger partial charge in [0.2, 0.25) is 0 Å². The van der Waals surface area contributed by atoms with Gasteiger partial charge >= 0.3 is 0 Å². The van der Waals surface area contributed by atoms with E-state index in [1.54, 1.807) is 14.2 Å². The highest BCUT2D eigenvalue weighted by atomic mass is 16.5. The van der Waals surface area contributed by atoms with Crippen LogP contribution in [0, 0.1) is 0 Å². The van der Waals surface area contributed by atoms with Gasteiger partial charge in [0.15, 0.2) is 0 Å². The van der Waals surface area contributed by atoms with Crippen molar-refractivity contribution in [3.05, 3.63) is 84.4 Å². The van der Waals surface area contributed by atoms with Crippen molar-refractivity contribution >= 4 is 17.2 Å². The second-order valence-electron chi connectivity index (χ2n) is 6.42. The van der Waals surface area contributed by atoms with Crippen LogP contribution in [0.3, 0.4) is 0 Å². The van der Waals surface area contributed by atoms with Crippen LogP contribution in [-0.4, -0.2) is 20.1 Å². The Morgan fingerprint density at radius 2 is 1.37 bits per heavy atom. The van der Waals surface area contributed by atoms with Crippen molar-refractivity contribution in [1.29, 1.82) is 0 Å². The van der Waals surface area contributed by atoms with E-state index in [0.29, 0.717) is 0 Å². The number of anilines is 1. The minimum absolute atomic E-state index is 0.256. The first kappa shape index (κ1) is 17.2. The number of para-hydroxylation sites is 1. The smallest absolute Gasteiger partial charge is 0.119 e. The van der Waals surface area contributed by atoms with E-state index in [2.05, 4.69) is 29.2 Å². The van der Waals surface area contributed by atoms with Gasteiger partial charge < -0.3 is 14.4 Å². The molecule has 1 unspecified atom stereocenters. The number of hydrogen-bond donors (Lipinski definition) is 0. The van der Waals surface area contributed by atoms with E-state index in [1.165, 1.54) is 5.56 Å². The molecule has 136 valence electrons. The zero-order valence-corrected chi connectivity index (χ0v) is 15.5. The molecule has 0 spiro atoms. The van der Waals surface area contributed by atoms with Gasteiger partial charge in [0.25, 0.3) is 0 Å². The van der Waals surface area contributed by atoms with Crippen LogP contribution in [0.25, 0.3) is 0 Å². The van der Waals surface area contributed by atoms with Crippen LogP contribution in [0.4, 0.5) is 11.4 Å². The highest BCUT2D eigenvalue weighted by Gasteiger charge is 2.36. The molecule has 4 rings (SSSR count). The summed E-state index contributed by atoms with van der Waals surface area (Å²) in [6.07, 6.45) is 0.896. The monoisotopic (exact) mass is 358 g/mol. The minimum Gasteiger partial charge on any atom is -0.497 e. The van der Waals surface area contributed by atoms with E-state index in [-0.39, 0.29) is 6.04 Å². The van der Waals surface area contributed by atoms with Crippen LogP contribution < -0.4 is 14.4 Å². The lowest BCUT2D eigenvalue weighted by molar-refractivity contribution is 0.414. The van der Waals surface area contributed by atoms with Crippen LogP contribution in [0.5, 0.6) is 11.5 Å². The largest absolute Gasteiger partial charge is 0.497 e. The molecule has 1 saturated heterocycles. The second kappa shape index (κ2) is 7.54. The van der Waals surface area contributed by atoms with E-state index >= 15 is 0 Å². The highest BCUT2D eigenvalue weighted by Crippen LogP contribution is 2.41. The molecule has 0 N–H and O–H groups in total. The first-order valence-corrected chi connectivity index (χ1v) is 8.98. The summed E-state index contributed by atoms with van der Waals surface area (Å²) in [7, 11) is 3.37. The Balaban J connectivity index is 1.67. The molecule has 1 aliphatic rings. The number of hydrogen-bond acceptors (Lipinski definition) is 3. The molecule has 27 heavy (non-hydrogen) atoms. The van der Waals surface area contributed by atoms with Gasteiger partial charge in [-0.1, -0.05) is 30.3 Å². The SMILES string of the molecule is COc1ccc(C2C/C(=N\c3ccccc3)N2c2ccc(OC)cc2)cc1. The molecule has 0 saturated carbocycles. The standard InChI is InChI=1S/C23H22N2O2/c1-26-20-12-8-17(9-13-20)22-16-23(24-18-6-4-3-5-7-18)25(22)19-10-14-21(27-2)15-11-19/h3-15,22H,16H2,1-2H3/b24-23+. The summed E-state index contributed by atoms with van der Waals surface area (Å²) in [4.78, 5) is 7.15. The highest BCUT2D eigenvalue weighted by molar-refractivity contribution is 6.06. The van der Waals surface area contributed by atoms with Crippen molar-refractivity contribution in [2.24, 2.45) is 4.99 Å². The van der Waals surface area contributed by atoms with Gasteiger partial charge in [-0.25, -0.2) is 4.99 Å². The summed E-state index contributed by atoms with van der Waals surface area (Å²) in [5.41, 5.74) is 3.33. The first-order chi connectivity index (χ1) is 13.3. The third kappa shape index (κ3) is 3.51. The quantitative estimate of drug-likeness (QED) is 0.613. The Bertz CT molecular complexity index is 919. The van der Waals surface area contributed by atoms with Gasteiger partial charge in [-0.3, -0.25) is 0 Å². The van der Waals surface area contributed by atoms with Crippen molar-refractivity contribution in [1.82, 2.24) is 0 Å². The molecule has 0 aromatic heterocycles. The Kier molecular flexibility index (Phi) is 4.79. The fraction of sp³-hybridized carbons (Fsp3) is 0.174. The Hall–Kier alpha value is -3.27. The van der Waals surface area contributed by atoms with E-state index in [4.69, 9.17) is 14.5 Å². The lowest BCUT2D eigenvalue weighted by Crippen LogP contribution is -2.46. The molecule has 1 heterocycles. The predicted octanol–water partition coefficient (Wildman–Crippen LogP) is 5.39. The fourth-order valence-electron chi connectivity index (χ4n) is 3.35. The molecule has 3 aromatic rings. The Morgan fingerprint density at radius 3 is 1.96 bits per heavy atom. The van der Waals surface area contributed by atoms with Crippen LogP contribution in [0.1, 0.15) is 18.0 Å². The lowest BCUT2D eigenvalue weighted by Gasteiger charge is -2.44. The normalized spacial score (nSPS) is 17.5. The number of amidine groups is 1. The van der Waals surface area contributed by atoms with Crippen molar-refractivity contribution < 1.29 is 9.47 Å². The number of benzene rings is 3. The van der Waals surface area contributed by atoms with Crippen LogP contribution in [0.15, 0.2) is 83.9 Å². The number of rotatable bonds is 5. The summed E-state index contributed by atoms with van der Waals surface area (Å²) in [5, 5.41) is 0. The zero-order chi connectivity index (χ0) is 18.6. The minimum atomic E-state index is 0.256. The number of ether oxygens (including phenoxy) is 2. The summed E-state index contributed by atoms with van der Waals surface area (Å²) >= 11 is 0. The molecular weight excluding hydrogens is 336 g/mol. The summed E-state index contributed by atoms with van der Waals surface area (Å²) < 4.78 is 10.6. The molecule has 1 fully saturated rings. The summed E-state index contributed by atoms with van der Waals surface area (Å²) in [6, 6.07) is 26.7. The van der Waals surface area contributed by atoms with Crippen LogP contribution in [0.2, 0.25) is 0 Å². The molecule has 0 aliphatic carbocycles. The molecule has 1 aliphatic heterocycles. The number of nitrogens with zero attached hydrogens (tertiary/aromatic N) is 2.